The van der Waals surface area contributed by atoms with Crippen LogP contribution in [0.1, 0.15) is 0 Å². The van der Waals surface area contributed by atoms with Gasteiger partial charge in [0.25, 0.3) is 0 Å². The lowest BCUT2D eigenvalue weighted by molar-refractivity contribution is 0.333. The molecule has 0 radical (unpaired) electrons. The minimum Gasteiger partial charge on any atom is -0.507 e. The van der Waals surface area contributed by atoms with Crippen LogP contribution < -0.4 is 19.6 Å². The number of phenolic OH excluding ortho intramolecular Hbond substituents is 2. The minimum atomic E-state index is -0.443. The highest BCUT2D eigenvalue weighted by Gasteiger charge is 2.18. The fraction of sp³-hybridized carbons (Fsp3) is 0.167. The summed E-state index contributed by atoms with van der Waals surface area (Å²) in [5.41, 5.74) is 0.0701. The monoisotopic (exact) mass is 344 g/mol. The summed E-state index contributed by atoms with van der Waals surface area (Å²) in [6, 6.07) is 7.04. The molecule has 2 aromatic carbocycles. The molecule has 130 valence electrons. The van der Waals surface area contributed by atoms with Gasteiger partial charge in [-0.15, -0.1) is 0 Å². The van der Waals surface area contributed by atoms with E-state index in [9.17, 15) is 15.0 Å². The molecule has 3 rings (SSSR count). The Bertz CT molecular complexity index is 1000. The lowest BCUT2D eigenvalue weighted by Crippen LogP contribution is -2.02. The van der Waals surface area contributed by atoms with Crippen LogP contribution in [0.5, 0.6) is 28.7 Å². The van der Waals surface area contributed by atoms with Crippen molar-refractivity contribution in [3.63, 3.8) is 0 Å². The van der Waals surface area contributed by atoms with E-state index in [4.69, 9.17) is 18.6 Å². The van der Waals surface area contributed by atoms with Crippen molar-refractivity contribution >= 4 is 11.0 Å². The maximum absolute atomic E-state index is 12.4. The minimum absolute atomic E-state index is 0.0211. The van der Waals surface area contributed by atoms with E-state index >= 15 is 0 Å². The summed E-state index contributed by atoms with van der Waals surface area (Å²) >= 11 is 0. The molecule has 0 spiro atoms. The van der Waals surface area contributed by atoms with Gasteiger partial charge in [0.15, 0.2) is 28.3 Å². The Kier molecular flexibility index (Phi) is 4.14. The first-order valence-electron chi connectivity index (χ1n) is 7.29. The third kappa shape index (κ3) is 2.69. The molecule has 1 aromatic heterocycles. The first-order chi connectivity index (χ1) is 12.0. The predicted molar refractivity (Wildman–Crippen MR) is 90.9 cm³/mol. The highest BCUT2D eigenvalue weighted by Crippen LogP contribution is 2.41. The van der Waals surface area contributed by atoms with Crippen molar-refractivity contribution < 1.29 is 28.8 Å². The summed E-state index contributed by atoms with van der Waals surface area (Å²) in [7, 11) is 4.26. The topological polar surface area (TPSA) is 98.4 Å². The lowest BCUT2D eigenvalue weighted by Gasteiger charge is -2.12. The van der Waals surface area contributed by atoms with Gasteiger partial charge in [0, 0.05) is 11.6 Å². The molecule has 0 aliphatic heterocycles. The molecule has 0 aliphatic rings. The summed E-state index contributed by atoms with van der Waals surface area (Å²) in [6.07, 6.45) is 0. The molecule has 0 unspecified atom stereocenters. The van der Waals surface area contributed by atoms with E-state index in [0.717, 1.165) is 0 Å². The van der Waals surface area contributed by atoms with Crippen LogP contribution in [0.4, 0.5) is 0 Å². The fourth-order valence-corrected chi connectivity index (χ4v) is 2.61. The molecule has 7 heteroatoms. The van der Waals surface area contributed by atoms with E-state index in [1.54, 1.807) is 6.07 Å². The van der Waals surface area contributed by atoms with Crippen LogP contribution in [-0.2, 0) is 0 Å². The average molecular weight is 344 g/mol. The third-order valence-electron chi connectivity index (χ3n) is 3.78. The van der Waals surface area contributed by atoms with Gasteiger partial charge in [0.1, 0.15) is 16.9 Å². The number of ether oxygens (including phenoxy) is 3. The molecule has 7 nitrogen and oxygen atoms in total. The van der Waals surface area contributed by atoms with Gasteiger partial charge >= 0.3 is 0 Å². The second-order valence-electron chi connectivity index (χ2n) is 5.20. The van der Waals surface area contributed by atoms with E-state index < -0.39 is 5.43 Å². The first kappa shape index (κ1) is 16.5. The number of methoxy groups -OCH3 is 3. The van der Waals surface area contributed by atoms with Gasteiger partial charge in [-0.2, -0.15) is 0 Å². The molecule has 2 N–H and O–H groups in total. The summed E-state index contributed by atoms with van der Waals surface area (Å²) in [6.45, 7) is 0. The standard InChI is InChI=1S/C18H16O7/c1-22-13-5-4-10(19)16-11(20)8-14(25-18(13)16)9-6-12(21)17(24-3)15(7-9)23-2/h4-8,19,21H,1-3H3. The summed E-state index contributed by atoms with van der Waals surface area (Å²) in [5, 5.41) is 20.1. The zero-order valence-corrected chi connectivity index (χ0v) is 13.8. The van der Waals surface area contributed by atoms with Crippen molar-refractivity contribution in [3.8, 4) is 40.1 Å². The molecular formula is C18H16O7. The second-order valence-corrected chi connectivity index (χ2v) is 5.20. The number of aromatic hydroxyl groups is 2. The van der Waals surface area contributed by atoms with E-state index in [1.807, 2.05) is 0 Å². The molecule has 3 aromatic rings. The van der Waals surface area contributed by atoms with Crippen molar-refractivity contribution in [2.24, 2.45) is 0 Å². The van der Waals surface area contributed by atoms with Crippen molar-refractivity contribution in [2.75, 3.05) is 21.3 Å². The molecular weight excluding hydrogens is 328 g/mol. The Balaban J connectivity index is 2.30. The van der Waals surface area contributed by atoms with Crippen molar-refractivity contribution in [3.05, 3.63) is 40.6 Å². The predicted octanol–water partition coefficient (Wildman–Crippen LogP) is 2.90. The smallest absolute Gasteiger partial charge is 0.203 e. The summed E-state index contributed by atoms with van der Waals surface area (Å²) in [5.74, 6) is 0.565. The number of rotatable bonds is 4. The number of benzene rings is 2. The lowest BCUT2D eigenvalue weighted by atomic mass is 10.1. The van der Waals surface area contributed by atoms with Crippen LogP contribution in [0, 0.1) is 0 Å². The van der Waals surface area contributed by atoms with Crippen LogP contribution >= 0.6 is 0 Å². The van der Waals surface area contributed by atoms with Gasteiger partial charge < -0.3 is 28.8 Å². The normalized spacial score (nSPS) is 10.7. The van der Waals surface area contributed by atoms with Gasteiger partial charge in [0.2, 0.25) is 5.75 Å². The maximum Gasteiger partial charge on any atom is 0.203 e. The maximum atomic E-state index is 12.4. The summed E-state index contributed by atoms with van der Waals surface area (Å²) < 4.78 is 21.2. The average Bonchev–Trinajstić information content (AvgIpc) is 2.60. The molecule has 0 amide bonds. The quantitative estimate of drug-likeness (QED) is 0.751. The molecule has 0 atom stereocenters. The Hall–Kier alpha value is -3.35. The number of fused-ring (bicyclic) bond motifs is 1. The molecule has 0 bridgehead atoms. The Morgan fingerprint density at radius 1 is 0.880 bits per heavy atom. The first-order valence-corrected chi connectivity index (χ1v) is 7.29. The van der Waals surface area contributed by atoms with E-state index in [1.165, 1.54) is 45.6 Å². The summed E-state index contributed by atoms with van der Waals surface area (Å²) in [4.78, 5) is 12.4. The molecule has 0 aliphatic carbocycles. The number of hydrogen-bond acceptors (Lipinski definition) is 7. The van der Waals surface area contributed by atoms with E-state index in [-0.39, 0.29) is 39.7 Å². The van der Waals surface area contributed by atoms with Crippen molar-refractivity contribution in [1.82, 2.24) is 0 Å². The van der Waals surface area contributed by atoms with Gasteiger partial charge in [0.05, 0.1) is 21.3 Å². The zero-order chi connectivity index (χ0) is 18.1. The molecule has 25 heavy (non-hydrogen) atoms. The molecule has 0 fully saturated rings. The SMILES string of the molecule is COc1cc(-c2cc(=O)c3c(O)ccc(OC)c3o2)cc(O)c1OC. The molecule has 0 saturated heterocycles. The van der Waals surface area contributed by atoms with Crippen molar-refractivity contribution in [2.45, 2.75) is 0 Å². The van der Waals surface area contributed by atoms with Crippen LogP contribution in [0.2, 0.25) is 0 Å². The fourth-order valence-electron chi connectivity index (χ4n) is 2.61. The molecule has 0 saturated carbocycles. The van der Waals surface area contributed by atoms with Gasteiger partial charge in [-0.3, -0.25) is 4.79 Å². The number of phenols is 2. The Morgan fingerprint density at radius 3 is 2.24 bits per heavy atom. The third-order valence-corrected chi connectivity index (χ3v) is 3.78. The van der Waals surface area contributed by atoms with Gasteiger partial charge in [-0.1, -0.05) is 0 Å². The zero-order valence-electron chi connectivity index (χ0n) is 13.8. The Morgan fingerprint density at radius 2 is 1.60 bits per heavy atom. The highest BCUT2D eigenvalue weighted by atomic mass is 16.5. The van der Waals surface area contributed by atoms with Crippen LogP contribution in [0.15, 0.2) is 39.5 Å². The van der Waals surface area contributed by atoms with Gasteiger partial charge in [-0.25, -0.2) is 0 Å². The molecule has 1 heterocycles. The van der Waals surface area contributed by atoms with Crippen LogP contribution in [0.25, 0.3) is 22.3 Å². The van der Waals surface area contributed by atoms with Crippen molar-refractivity contribution in [1.29, 1.82) is 0 Å². The second kappa shape index (κ2) is 6.27. The largest absolute Gasteiger partial charge is 0.507 e. The van der Waals surface area contributed by atoms with Crippen LogP contribution in [0.3, 0.4) is 0 Å². The van der Waals surface area contributed by atoms with Crippen LogP contribution in [-0.4, -0.2) is 31.5 Å². The number of hydrogen-bond donors (Lipinski definition) is 2. The van der Waals surface area contributed by atoms with E-state index in [2.05, 4.69) is 0 Å². The highest BCUT2D eigenvalue weighted by molar-refractivity contribution is 5.89. The van der Waals surface area contributed by atoms with Gasteiger partial charge in [-0.05, 0) is 24.3 Å². The Labute approximate surface area is 142 Å². The van der Waals surface area contributed by atoms with E-state index in [0.29, 0.717) is 11.3 Å².